The average Bonchev–Trinajstić information content (AvgIpc) is 3.09. The summed E-state index contributed by atoms with van der Waals surface area (Å²) in [5, 5.41) is 23.1. The summed E-state index contributed by atoms with van der Waals surface area (Å²) >= 11 is 12.1. The van der Waals surface area contributed by atoms with Gasteiger partial charge in [-0.25, -0.2) is 0 Å². The number of aromatic nitrogens is 3. The highest BCUT2D eigenvalue weighted by atomic mass is 35.5. The van der Waals surface area contributed by atoms with Gasteiger partial charge in [0, 0.05) is 18.2 Å². The van der Waals surface area contributed by atoms with E-state index in [1.807, 2.05) is 49.4 Å². The number of aliphatic hydroxyl groups excluding tert-OH is 1. The highest BCUT2D eigenvalue weighted by Crippen LogP contribution is 2.24. The van der Waals surface area contributed by atoms with Gasteiger partial charge in [0.2, 0.25) is 0 Å². The molecule has 2 aromatic carbocycles. The van der Waals surface area contributed by atoms with Crippen molar-refractivity contribution in [3.05, 3.63) is 69.8 Å². The van der Waals surface area contributed by atoms with Crippen LogP contribution in [0.5, 0.6) is 0 Å². The molecule has 142 valence electrons. The van der Waals surface area contributed by atoms with E-state index in [0.717, 1.165) is 28.9 Å². The zero-order valence-corrected chi connectivity index (χ0v) is 16.6. The molecule has 0 bridgehead atoms. The van der Waals surface area contributed by atoms with Gasteiger partial charge in [0.1, 0.15) is 11.4 Å². The SMILES string of the molecule is CC[C@H](CO)NCc1nn(Cc2ccc(Cl)c(Cl)c2)nc1-c1ccccc1. The largest absolute Gasteiger partial charge is 0.395 e. The lowest BCUT2D eigenvalue weighted by molar-refractivity contribution is 0.238. The molecule has 0 amide bonds. The van der Waals surface area contributed by atoms with Gasteiger partial charge in [0.15, 0.2) is 0 Å². The van der Waals surface area contributed by atoms with Crippen LogP contribution in [0.4, 0.5) is 0 Å². The number of halogens is 2. The van der Waals surface area contributed by atoms with Crippen LogP contribution in [0.1, 0.15) is 24.6 Å². The number of hydrogen-bond acceptors (Lipinski definition) is 4. The standard InChI is InChI=1S/C20H22Cl2N4O/c1-2-16(13-27)23-11-19-20(15-6-4-3-5-7-15)25-26(24-19)12-14-8-9-17(21)18(22)10-14/h3-10,16,23,27H,2,11-13H2,1H3/t16-/m1/s1. The van der Waals surface area contributed by atoms with Crippen LogP contribution in [0.25, 0.3) is 11.3 Å². The number of rotatable bonds is 8. The topological polar surface area (TPSA) is 63.0 Å². The quantitative estimate of drug-likeness (QED) is 0.591. The van der Waals surface area contributed by atoms with Crippen LogP contribution in [0.3, 0.4) is 0 Å². The molecule has 1 aromatic heterocycles. The number of hydrogen-bond donors (Lipinski definition) is 2. The highest BCUT2D eigenvalue weighted by Gasteiger charge is 2.15. The number of nitrogens with one attached hydrogen (secondary N) is 1. The summed E-state index contributed by atoms with van der Waals surface area (Å²) in [4.78, 5) is 1.67. The van der Waals surface area contributed by atoms with Crippen LogP contribution in [0.2, 0.25) is 10.0 Å². The lowest BCUT2D eigenvalue weighted by Crippen LogP contribution is -2.31. The minimum Gasteiger partial charge on any atom is -0.395 e. The smallest absolute Gasteiger partial charge is 0.117 e. The Hall–Kier alpha value is -1.92. The number of nitrogens with zero attached hydrogens (tertiary/aromatic N) is 3. The molecule has 0 aliphatic carbocycles. The van der Waals surface area contributed by atoms with Gasteiger partial charge in [-0.15, -0.1) is 0 Å². The van der Waals surface area contributed by atoms with Crippen LogP contribution in [0, 0.1) is 0 Å². The lowest BCUT2D eigenvalue weighted by atomic mass is 10.1. The molecule has 3 aromatic rings. The zero-order valence-electron chi connectivity index (χ0n) is 15.1. The third-order valence-corrected chi connectivity index (χ3v) is 5.09. The van der Waals surface area contributed by atoms with Crippen LogP contribution in [-0.4, -0.2) is 32.7 Å². The fourth-order valence-electron chi connectivity index (χ4n) is 2.77. The molecule has 0 spiro atoms. The van der Waals surface area contributed by atoms with Crippen LogP contribution < -0.4 is 5.32 Å². The van der Waals surface area contributed by atoms with E-state index in [4.69, 9.17) is 23.2 Å². The summed E-state index contributed by atoms with van der Waals surface area (Å²) in [6, 6.07) is 15.5. The van der Waals surface area contributed by atoms with E-state index in [2.05, 4.69) is 15.5 Å². The van der Waals surface area contributed by atoms with Crippen molar-refractivity contribution in [3.8, 4) is 11.3 Å². The Kier molecular flexibility index (Phi) is 6.85. The summed E-state index contributed by atoms with van der Waals surface area (Å²) in [7, 11) is 0. The first-order valence-corrected chi connectivity index (χ1v) is 9.64. The Balaban J connectivity index is 1.87. The van der Waals surface area contributed by atoms with Crippen molar-refractivity contribution >= 4 is 23.2 Å². The molecule has 1 heterocycles. The second-order valence-electron chi connectivity index (χ2n) is 6.31. The van der Waals surface area contributed by atoms with Gasteiger partial charge in [-0.05, 0) is 24.1 Å². The summed E-state index contributed by atoms with van der Waals surface area (Å²) in [6.07, 6.45) is 0.842. The van der Waals surface area contributed by atoms with E-state index in [0.29, 0.717) is 23.1 Å². The normalized spacial score (nSPS) is 12.3. The van der Waals surface area contributed by atoms with E-state index in [1.165, 1.54) is 0 Å². The monoisotopic (exact) mass is 404 g/mol. The van der Waals surface area contributed by atoms with Crippen molar-refractivity contribution < 1.29 is 5.11 Å². The predicted octanol–water partition coefficient (Wildman–Crippen LogP) is 4.16. The van der Waals surface area contributed by atoms with E-state index < -0.39 is 0 Å². The van der Waals surface area contributed by atoms with Gasteiger partial charge in [-0.1, -0.05) is 66.5 Å². The minimum absolute atomic E-state index is 0.0360. The van der Waals surface area contributed by atoms with Crippen molar-refractivity contribution in [1.29, 1.82) is 0 Å². The Bertz CT molecular complexity index is 879. The highest BCUT2D eigenvalue weighted by molar-refractivity contribution is 6.42. The van der Waals surface area contributed by atoms with E-state index in [-0.39, 0.29) is 12.6 Å². The fourth-order valence-corrected chi connectivity index (χ4v) is 3.09. The number of aliphatic hydroxyl groups is 1. The van der Waals surface area contributed by atoms with Gasteiger partial charge in [0.05, 0.1) is 23.2 Å². The molecule has 0 aliphatic rings. The predicted molar refractivity (Wildman–Crippen MR) is 109 cm³/mol. The van der Waals surface area contributed by atoms with Gasteiger partial charge in [-0.2, -0.15) is 15.0 Å². The number of benzene rings is 2. The van der Waals surface area contributed by atoms with Crippen molar-refractivity contribution in [2.45, 2.75) is 32.5 Å². The molecule has 27 heavy (non-hydrogen) atoms. The first kappa shape index (κ1) is 19.8. The molecule has 1 atom stereocenters. The van der Waals surface area contributed by atoms with Gasteiger partial charge in [0.25, 0.3) is 0 Å². The maximum atomic E-state index is 9.41. The second-order valence-corrected chi connectivity index (χ2v) is 7.12. The Labute approximate surface area is 168 Å². The van der Waals surface area contributed by atoms with Crippen molar-refractivity contribution in [1.82, 2.24) is 20.3 Å². The Morgan fingerprint density at radius 3 is 2.52 bits per heavy atom. The molecule has 3 rings (SSSR count). The molecule has 0 unspecified atom stereocenters. The van der Waals surface area contributed by atoms with Crippen LogP contribution in [-0.2, 0) is 13.1 Å². The molecule has 0 saturated carbocycles. The summed E-state index contributed by atoms with van der Waals surface area (Å²) < 4.78 is 0. The molecule has 0 aliphatic heterocycles. The van der Waals surface area contributed by atoms with Gasteiger partial charge in [-0.3, -0.25) is 0 Å². The zero-order chi connectivity index (χ0) is 19.2. The summed E-state index contributed by atoms with van der Waals surface area (Å²) in [5.41, 5.74) is 3.65. The second kappa shape index (κ2) is 9.33. The molecule has 5 nitrogen and oxygen atoms in total. The maximum Gasteiger partial charge on any atom is 0.117 e. The van der Waals surface area contributed by atoms with Crippen molar-refractivity contribution in [2.24, 2.45) is 0 Å². The third kappa shape index (κ3) is 5.08. The third-order valence-electron chi connectivity index (χ3n) is 4.35. The Morgan fingerprint density at radius 2 is 1.85 bits per heavy atom. The molecule has 0 fully saturated rings. The summed E-state index contributed by atoms with van der Waals surface area (Å²) in [5.74, 6) is 0. The fraction of sp³-hybridized carbons (Fsp3) is 0.300. The minimum atomic E-state index is 0.0360. The lowest BCUT2D eigenvalue weighted by Gasteiger charge is -2.12. The maximum absolute atomic E-state index is 9.41. The molecule has 0 radical (unpaired) electrons. The van der Waals surface area contributed by atoms with Gasteiger partial charge < -0.3 is 10.4 Å². The van der Waals surface area contributed by atoms with Crippen LogP contribution >= 0.6 is 23.2 Å². The van der Waals surface area contributed by atoms with E-state index in [9.17, 15) is 5.11 Å². The molecular formula is C20H22Cl2N4O. The average molecular weight is 405 g/mol. The molecular weight excluding hydrogens is 383 g/mol. The molecule has 7 heteroatoms. The van der Waals surface area contributed by atoms with E-state index >= 15 is 0 Å². The first-order valence-electron chi connectivity index (χ1n) is 8.88. The Morgan fingerprint density at radius 1 is 1.07 bits per heavy atom. The molecule has 0 saturated heterocycles. The van der Waals surface area contributed by atoms with Crippen molar-refractivity contribution in [2.75, 3.05) is 6.61 Å². The first-order chi connectivity index (χ1) is 13.1. The van der Waals surface area contributed by atoms with Crippen molar-refractivity contribution in [3.63, 3.8) is 0 Å². The van der Waals surface area contributed by atoms with Gasteiger partial charge >= 0.3 is 0 Å². The van der Waals surface area contributed by atoms with E-state index in [1.54, 1.807) is 10.9 Å². The summed E-state index contributed by atoms with van der Waals surface area (Å²) in [6.45, 7) is 3.15. The van der Waals surface area contributed by atoms with Crippen LogP contribution in [0.15, 0.2) is 48.5 Å². The molecule has 2 N–H and O–H groups in total.